The van der Waals surface area contributed by atoms with Crippen molar-refractivity contribution in [2.24, 2.45) is 23.7 Å². The van der Waals surface area contributed by atoms with Gasteiger partial charge in [-0.1, -0.05) is 26.0 Å². The van der Waals surface area contributed by atoms with Crippen LogP contribution >= 0.6 is 11.5 Å². The van der Waals surface area contributed by atoms with Crippen LogP contribution in [0.25, 0.3) is 10.1 Å². The summed E-state index contributed by atoms with van der Waals surface area (Å²) in [5.41, 5.74) is 0. The normalized spacial score (nSPS) is 29.2. The number of anilines is 1. The lowest BCUT2D eigenvalue weighted by atomic mass is 9.69. The number of carbonyl (C=O) groups is 2. The molecule has 172 valence electrons. The van der Waals surface area contributed by atoms with E-state index in [4.69, 9.17) is 4.37 Å². The molecule has 3 fully saturated rings. The van der Waals surface area contributed by atoms with E-state index in [1.54, 1.807) is 16.4 Å². The van der Waals surface area contributed by atoms with Crippen LogP contribution < -0.4 is 4.90 Å². The predicted octanol–water partition coefficient (Wildman–Crippen LogP) is 3.87. The summed E-state index contributed by atoms with van der Waals surface area (Å²) < 4.78 is 5.95. The molecule has 1 aromatic heterocycles. The summed E-state index contributed by atoms with van der Waals surface area (Å²) in [4.78, 5) is 32.4. The smallest absolute Gasteiger partial charge is 0.233 e. The van der Waals surface area contributed by atoms with Crippen LogP contribution in [0, 0.1) is 23.7 Å². The Kier molecular flexibility index (Phi) is 6.21. The maximum absolute atomic E-state index is 12.9. The van der Waals surface area contributed by atoms with Crippen molar-refractivity contribution in [3.05, 3.63) is 24.3 Å². The molecule has 6 nitrogen and oxygen atoms in total. The molecule has 2 saturated heterocycles. The molecule has 0 N–H and O–H groups in total. The summed E-state index contributed by atoms with van der Waals surface area (Å²) in [5.74, 6) is 1.86. The van der Waals surface area contributed by atoms with E-state index in [0.29, 0.717) is 18.4 Å². The fraction of sp³-hybridized carbons (Fsp3) is 0.640. The highest BCUT2D eigenvalue weighted by molar-refractivity contribution is 7.13. The summed E-state index contributed by atoms with van der Waals surface area (Å²) in [6.45, 7) is 9.97. The molecule has 2 unspecified atom stereocenters. The second kappa shape index (κ2) is 9.10. The summed E-state index contributed by atoms with van der Waals surface area (Å²) in [6.07, 6.45) is 4.06. The third-order valence-electron chi connectivity index (χ3n) is 7.93. The van der Waals surface area contributed by atoms with Crippen molar-refractivity contribution < 1.29 is 9.59 Å². The Morgan fingerprint density at radius 2 is 1.53 bits per heavy atom. The number of piperazine rings is 1. The first-order chi connectivity index (χ1) is 15.5. The second-order valence-corrected chi connectivity index (χ2v) is 10.8. The minimum absolute atomic E-state index is 0.0684. The highest BCUT2D eigenvalue weighted by Gasteiger charge is 2.53. The fourth-order valence-electron chi connectivity index (χ4n) is 5.96. The largest absolute Gasteiger partial charge is 0.353 e. The average molecular weight is 455 g/mol. The number of fused-ring (bicyclic) bond motifs is 2. The zero-order valence-electron chi connectivity index (χ0n) is 19.2. The molecule has 32 heavy (non-hydrogen) atoms. The maximum Gasteiger partial charge on any atom is 0.233 e. The molecule has 2 aromatic rings. The van der Waals surface area contributed by atoms with Gasteiger partial charge in [0, 0.05) is 38.1 Å². The molecular weight excluding hydrogens is 420 g/mol. The number of amides is 2. The van der Waals surface area contributed by atoms with Gasteiger partial charge in [0.1, 0.15) is 5.82 Å². The zero-order valence-corrected chi connectivity index (χ0v) is 20.0. The summed E-state index contributed by atoms with van der Waals surface area (Å²) in [5, 5.41) is 1.26. The van der Waals surface area contributed by atoms with E-state index in [2.05, 4.69) is 47.9 Å². The molecule has 5 rings (SSSR count). The molecule has 3 aliphatic rings. The van der Waals surface area contributed by atoms with Crippen molar-refractivity contribution in [3.8, 4) is 0 Å². The molecule has 0 spiro atoms. The Hall–Kier alpha value is -1.99. The fourth-order valence-corrected chi connectivity index (χ4v) is 6.76. The Labute approximate surface area is 194 Å². The lowest BCUT2D eigenvalue weighted by molar-refractivity contribution is -0.140. The van der Waals surface area contributed by atoms with E-state index < -0.39 is 0 Å². The van der Waals surface area contributed by atoms with Crippen LogP contribution in [0.5, 0.6) is 0 Å². The van der Waals surface area contributed by atoms with Crippen LogP contribution in [0.3, 0.4) is 0 Å². The molecular formula is C25H34N4O2S. The van der Waals surface area contributed by atoms with Crippen LogP contribution in [0.2, 0.25) is 0 Å². The van der Waals surface area contributed by atoms with Gasteiger partial charge in [-0.2, -0.15) is 4.37 Å². The van der Waals surface area contributed by atoms with Crippen molar-refractivity contribution in [1.29, 1.82) is 0 Å². The van der Waals surface area contributed by atoms with Gasteiger partial charge in [0.05, 0.1) is 16.5 Å². The lowest BCUT2D eigenvalue weighted by Gasteiger charge is -2.35. The van der Waals surface area contributed by atoms with Gasteiger partial charge in [-0.15, -0.1) is 0 Å². The molecule has 1 aliphatic carbocycles. The topological polar surface area (TPSA) is 56.8 Å². The van der Waals surface area contributed by atoms with Gasteiger partial charge in [0.2, 0.25) is 11.8 Å². The standard InChI is InChI=1S/C25H34N4O2S/c1-17-9-10-18(2)22-21(17)24(30)29(25(22)31)12-6-5-11-27-13-15-28(16-14-27)23-19-7-3-4-8-20(19)32-26-23/h3-4,7-8,17-18,21-22H,5-6,9-16H2,1-2H3/t17?,18?,21-,22+. The minimum atomic E-state index is -0.0684. The Bertz CT molecular complexity index is 955. The van der Waals surface area contributed by atoms with Crippen molar-refractivity contribution >= 4 is 39.3 Å². The number of nitrogens with zero attached hydrogens (tertiary/aromatic N) is 4. The van der Waals surface area contributed by atoms with Crippen LogP contribution in [0.15, 0.2) is 24.3 Å². The molecule has 1 aromatic carbocycles. The molecule has 7 heteroatoms. The van der Waals surface area contributed by atoms with Gasteiger partial charge >= 0.3 is 0 Å². The second-order valence-electron chi connectivity index (χ2n) is 9.95. The summed E-state index contributed by atoms with van der Waals surface area (Å²) >= 11 is 1.58. The Morgan fingerprint density at radius 1 is 0.906 bits per heavy atom. The van der Waals surface area contributed by atoms with Gasteiger partial charge in [-0.3, -0.25) is 19.4 Å². The highest BCUT2D eigenvalue weighted by atomic mass is 32.1. The number of unbranched alkanes of at least 4 members (excludes halogenated alkanes) is 1. The van der Waals surface area contributed by atoms with Gasteiger partial charge in [0.25, 0.3) is 0 Å². The first-order valence-electron chi connectivity index (χ1n) is 12.2. The number of hydrogen-bond donors (Lipinski definition) is 0. The van der Waals surface area contributed by atoms with Crippen LogP contribution in [0.1, 0.15) is 39.5 Å². The molecule has 1 saturated carbocycles. The van der Waals surface area contributed by atoms with E-state index in [0.717, 1.165) is 64.2 Å². The van der Waals surface area contributed by atoms with Gasteiger partial charge in [-0.25, -0.2) is 0 Å². The van der Waals surface area contributed by atoms with Crippen LogP contribution in [-0.4, -0.2) is 65.3 Å². The van der Waals surface area contributed by atoms with E-state index in [1.807, 2.05) is 0 Å². The number of imide groups is 1. The first kappa shape index (κ1) is 21.8. The number of rotatable bonds is 6. The number of aromatic nitrogens is 1. The number of likely N-dealkylation sites (tertiary alicyclic amines) is 1. The summed E-state index contributed by atoms with van der Waals surface area (Å²) in [7, 11) is 0. The van der Waals surface area contributed by atoms with E-state index in [9.17, 15) is 9.59 Å². The third-order valence-corrected chi connectivity index (χ3v) is 8.75. The zero-order chi connectivity index (χ0) is 22.2. The van der Waals surface area contributed by atoms with E-state index >= 15 is 0 Å². The van der Waals surface area contributed by atoms with Crippen molar-refractivity contribution in [2.75, 3.05) is 44.2 Å². The molecule has 4 atom stereocenters. The first-order valence-corrected chi connectivity index (χ1v) is 13.0. The van der Waals surface area contributed by atoms with E-state index in [-0.39, 0.29) is 23.7 Å². The number of benzene rings is 1. The lowest BCUT2D eigenvalue weighted by Crippen LogP contribution is -2.46. The van der Waals surface area contributed by atoms with Gasteiger partial charge in [0.15, 0.2) is 0 Å². The molecule has 0 bridgehead atoms. The molecule has 3 heterocycles. The van der Waals surface area contributed by atoms with E-state index in [1.165, 1.54) is 10.1 Å². The van der Waals surface area contributed by atoms with Crippen LogP contribution in [0.4, 0.5) is 5.82 Å². The number of carbonyl (C=O) groups excluding carboxylic acids is 2. The average Bonchev–Trinajstić information content (AvgIpc) is 3.34. The van der Waals surface area contributed by atoms with Gasteiger partial charge in [-0.05, 0) is 67.7 Å². The number of hydrogen-bond acceptors (Lipinski definition) is 6. The minimum Gasteiger partial charge on any atom is -0.353 e. The Morgan fingerprint density at radius 3 is 2.22 bits per heavy atom. The highest BCUT2D eigenvalue weighted by Crippen LogP contribution is 2.44. The SMILES string of the molecule is CC1CCC(C)[C@@H]2C(=O)N(CCCCN3CCN(c4nsc5ccccc45)CC3)C(=O)[C@H]12. The maximum atomic E-state index is 12.9. The Balaban J connectivity index is 1.08. The van der Waals surface area contributed by atoms with Crippen molar-refractivity contribution in [1.82, 2.24) is 14.2 Å². The monoisotopic (exact) mass is 454 g/mol. The molecule has 2 amide bonds. The molecule has 2 aliphatic heterocycles. The van der Waals surface area contributed by atoms with Crippen molar-refractivity contribution in [3.63, 3.8) is 0 Å². The van der Waals surface area contributed by atoms with Gasteiger partial charge < -0.3 is 4.90 Å². The van der Waals surface area contributed by atoms with Crippen LogP contribution in [-0.2, 0) is 9.59 Å². The third kappa shape index (κ3) is 3.94. The summed E-state index contributed by atoms with van der Waals surface area (Å²) in [6, 6.07) is 8.46. The quantitative estimate of drug-likeness (QED) is 0.490. The predicted molar refractivity (Wildman–Crippen MR) is 129 cm³/mol. The van der Waals surface area contributed by atoms with Crippen molar-refractivity contribution in [2.45, 2.75) is 39.5 Å². The molecule has 0 radical (unpaired) electrons.